The Labute approximate surface area is 156 Å². The van der Waals surface area contributed by atoms with Gasteiger partial charge in [0.15, 0.2) is 0 Å². The quantitative estimate of drug-likeness (QED) is 0.591. The summed E-state index contributed by atoms with van der Waals surface area (Å²) >= 11 is 5.89. The van der Waals surface area contributed by atoms with Crippen LogP contribution in [0, 0.1) is 0 Å². The van der Waals surface area contributed by atoms with Crippen LogP contribution in [-0.4, -0.2) is 24.4 Å². The summed E-state index contributed by atoms with van der Waals surface area (Å²) in [5.74, 6) is -0.0858. The average Bonchev–Trinajstić information content (AvgIpc) is 2.61. The molecular formula is C21H27ClN2O. The number of nitrogens with one attached hydrogen (secondary N) is 1. The van der Waals surface area contributed by atoms with Crippen LogP contribution in [0.25, 0.3) is 0 Å². The molecule has 1 amide bonds. The molecule has 0 aliphatic rings. The molecule has 3 nitrogen and oxygen atoms in total. The fourth-order valence-corrected chi connectivity index (χ4v) is 2.92. The lowest BCUT2D eigenvalue weighted by Crippen LogP contribution is -2.22. The lowest BCUT2D eigenvalue weighted by atomic mass is 10.1. The number of hydrogen-bond acceptors (Lipinski definition) is 2. The van der Waals surface area contributed by atoms with E-state index in [0.717, 1.165) is 29.9 Å². The largest absolute Gasteiger partial charge is 0.322 e. The van der Waals surface area contributed by atoms with E-state index in [1.54, 1.807) is 12.1 Å². The molecule has 4 heteroatoms. The summed E-state index contributed by atoms with van der Waals surface area (Å²) in [5, 5.41) is 3.60. The van der Waals surface area contributed by atoms with Crippen LogP contribution in [-0.2, 0) is 6.54 Å². The Morgan fingerprint density at radius 1 is 1.04 bits per heavy atom. The number of nitrogens with zero attached hydrogens (tertiary/aromatic N) is 1. The van der Waals surface area contributed by atoms with Crippen molar-refractivity contribution in [2.45, 2.75) is 39.2 Å². The lowest BCUT2D eigenvalue weighted by Gasteiger charge is -2.18. The van der Waals surface area contributed by atoms with Crippen LogP contribution in [0.3, 0.4) is 0 Å². The summed E-state index contributed by atoms with van der Waals surface area (Å²) in [6.45, 7) is 4.04. The summed E-state index contributed by atoms with van der Waals surface area (Å²) in [4.78, 5) is 14.9. The van der Waals surface area contributed by atoms with Gasteiger partial charge in [0.2, 0.25) is 0 Å². The molecule has 2 aromatic rings. The smallest absolute Gasteiger partial charge is 0.255 e. The topological polar surface area (TPSA) is 32.3 Å². The molecule has 0 saturated heterocycles. The van der Waals surface area contributed by atoms with E-state index in [0.29, 0.717) is 5.02 Å². The van der Waals surface area contributed by atoms with Crippen LogP contribution >= 0.6 is 11.6 Å². The van der Waals surface area contributed by atoms with Gasteiger partial charge in [-0.05, 0) is 55.9 Å². The molecule has 0 bridgehead atoms. The molecule has 0 atom stereocenters. The van der Waals surface area contributed by atoms with Gasteiger partial charge in [-0.2, -0.15) is 0 Å². The molecule has 0 spiro atoms. The van der Waals surface area contributed by atoms with E-state index >= 15 is 0 Å². The highest BCUT2D eigenvalue weighted by molar-refractivity contribution is 6.30. The van der Waals surface area contributed by atoms with Gasteiger partial charge < -0.3 is 10.2 Å². The van der Waals surface area contributed by atoms with Crippen molar-refractivity contribution in [2.75, 3.05) is 18.9 Å². The van der Waals surface area contributed by atoms with Gasteiger partial charge in [0, 0.05) is 22.8 Å². The molecule has 0 fully saturated rings. The molecule has 0 aliphatic carbocycles. The first-order valence-electron chi connectivity index (χ1n) is 8.93. The number of anilines is 1. The predicted molar refractivity (Wildman–Crippen MR) is 106 cm³/mol. The Hall–Kier alpha value is -1.84. The lowest BCUT2D eigenvalue weighted by molar-refractivity contribution is 0.102. The van der Waals surface area contributed by atoms with E-state index in [9.17, 15) is 4.79 Å². The molecule has 1 N–H and O–H groups in total. The van der Waals surface area contributed by atoms with Gasteiger partial charge in [0.25, 0.3) is 5.91 Å². The highest BCUT2D eigenvalue weighted by atomic mass is 35.5. The number of halogens is 1. The number of unbranched alkanes of at least 4 members (excludes halogenated alkanes) is 3. The summed E-state index contributed by atoms with van der Waals surface area (Å²) in [5.41, 5.74) is 2.52. The van der Waals surface area contributed by atoms with E-state index in [2.05, 4.69) is 24.2 Å². The summed E-state index contributed by atoms with van der Waals surface area (Å²) in [6.07, 6.45) is 4.99. The van der Waals surface area contributed by atoms with Crippen molar-refractivity contribution < 1.29 is 4.79 Å². The summed E-state index contributed by atoms with van der Waals surface area (Å²) in [7, 11) is 2.11. The summed E-state index contributed by atoms with van der Waals surface area (Å²) < 4.78 is 0. The van der Waals surface area contributed by atoms with Gasteiger partial charge in [-0.1, -0.05) is 56.0 Å². The highest BCUT2D eigenvalue weighted by Crippen LogP contribution is 2.17. The van der Waals surface area contributed by atoms with Crippen molar-refractivity contribution in [1.82, 2.24) is 4.90 Å². The van der Waals surface area contributed by atoms with Crippen LogP contribution in [0.1, 0.15) is 48.5 Å². The number of benzene rings is 2. The molecule has 0 unspecified atom stereocenters. The number of amides is 1. The van der Waals surface area contributed by atoms with E-state index in [-0.39, 0.29) is 5.91 Å². The second-order valence-electron chi connectivity index (χ2n) is 6.42. The first-order valence-corrected chi connectivity index (χ1v) is 9.31. The third-order valence-electron chi connectivity index (χ3n) is 4.20. The zero-order valence-corrected chi connectivity index (χ0v) is 15.9. The molecule has 2 rings (SSSR count). The van der Waals surface area contributed by atoms with E-state index in [1.807, 2.05) is 36.4 Å². The Kier molecular flexibility index (Phi) is 7.96. The third-order valence-corrected chi connectivity index (χ3v) is 4.45. The van der Waals surface area contributed by atoms with Crippen molar-refractivity contribution in [3.63, 3.8) is 0 Å². The van der Waals surface area contributed by atoms with E-state index in [4.69, 9.17) is 11.6 Å². The van der Waals surface area contributed by atoms with Crippen LogP contribution in [0.5, 0.6) is 0 Å². The molecule has 2 aromatic carbocycles. The minimum absolute atomic E-state index is 0.0858. The minimum atomic E-state index is -0.0858. The average molecular weight is 359 g/mol. The first-order chi connectivity index (χ1) is 12.1. The van der Waals surface area contributed by atoms with E-state index in [1.165, 1.54) is 25.7 Å². The number of rotatable bonds is 9. The van der Waals surface area contributed by atoms with Crippen LogP contribution in [0.4, 0.5) is 5.69 Å². The van der Waals surface area contributed by atoms with Crippen molar-refractivity contribution in [1.29, 1.82) is 0 Å². The predicted octanol–water partition coefficient (Wildman–Crippen LogP) is 5.60. The fourth-order valence-electron chi connectivity index (χ4n) is 2.79. The van der Waals surface area contributed by atoms with Crippen LogP contribution in [0.15, 0.2) is 48.5 Å². The molecule has 0 radical (unpaired) electrons. The fraction of sp³-hybridized carbons (Fsp3) is 0.381. The molecule has 25 heavy (non-hydrogen) atoms. The third kappa shape index (κ3) is 6.52. The minimum Gasteiger partial charge on any atom is -0.322 e. The molecule has 0 saturated carbocycles. The maximum absolute atomic E-state index is 12.6. The summed E-state index contributed by atoms with van der Waals surface area (Å²) in [6, 6.07) is 15.0. The zero-order valence-electron chi connectivity index (χ0n) is 15.1. The normalized spacial score (nSPS) is 10.9. The zero-order chi connectivity index (χ0) is 18.1. The van der Waals surface area contributed by atoms with Crippen LogP contribution < -0.4 is 5.32 Å². The van der Waals surface area contributed by atoms with Crippen LogP contribution in [0.2, 0.25) is 5.02 Å². The first kappa shape index (κ1) is 19.5. The Morgan fingerprint density at radius 3 is 2.48 bits per heavy atom. The van der Waals surface area contributed by atoms with Gasteiger partial charge in [-0.25, -0.2) is 0 Å². The van der Waals surface area contributed by atoms with Crippen molar-refractivity contribution in [3.05, 3.63) is 64.7 Å². The highest BCUT2D eigenvalue weighted by Gasteiger charge is 2.12. The monoisotopic (exact) mass is 358 g/mol. The van der Waals surface area contributed by atoms with Gasteiger partial charge in [0.05, 0.1) is 0 Å². The second kappa shape index (κ2) is 10.2. The maximum atomic E-state index is 12.6. The Balaban J connectivity index is 1.99. The Bertz CT molecular complexity index is 670. The van der Waals surface area contributed by atoms with Crippen molar-refractivity contribution >= 4 is 23.2 Å². The van der Waals surface area contributed by atoms with Gasteiger partial charge in [-0.3, -0.25) is 4.79 Å². The van der Waals surface area contributed by atoms with Gasteiger partial charge >= 0.3 is 0 Å². The number of carbonyl (C=O) groups is 1. The molecule has 0 heterocycles. The van der Waals surface area contributed by atoms with Gasteiger partial charge in [0.1, 0.15) is 0 Å². The second-order valence-corrected chi connectivity index (χ2v) is 6.85. The maximum Gasteiger partial charge on any atom is 0.255 e. The standard InChI is InChI=1S/C21H27ClN2O/c1-3-4-5-8-15-24(2)16-17-9-6-7-10-20(17)21(25)23-19-13-11-18(22)12-14-19/h6-7,9-14H,3-5,8,15-16H2,1-2H3,(H,23,25). The molecule has 0 aliphatic heterocycles. The molecule has 134 valence electrons. The van der Waals surface area contributed by atoms with Gasteiger partial charge in [-0.15, -0.1) is 0 Å². The SMILES string of the molecule is CCCCCCN(C)Cc1ccccc1C(=O)Nc1ccc(Cl)cc1. The van der Waals surface area contributed by atoms with Crippen molar-refractivity contribution in [2.24, 2.45) is 0 Å². The number of carbonyl (C=O) groups excluding carboxylic acids is 1. The molecular weight excluding hydrogens is 332 g/mol. The van der Waals surface area contributed by atoms with Crippen molar-refractivity contribution in [3.8, 4) is 0 Å². The number of hydrogen-bond donors (Lipinski definition) is 1. The van der Waals surface area contributed by atoms with E-state index < -0.39 is 0 Å². The molecule has 0 aromatic heterocycles. The Morgan fingerprint density at radius 2 is 1.76 bits per heavy atom.